The van der Waals surface area contributed by atoms with Gasteiger partial charge in [0, 0.05) is 18.6 Å². The third-order valence-electron chi connectivity index (χ3n) is 3.19. The molecule has 0 bridgehead atoms. The molecule has 0 aliphatic carbocycles. The van der Waals surface area contributed by atoms with Crippen LogP contribution in [-0.4, -0.2) is 28.1 Å². The summed E-state index contributed by atoms with van der Waals surface area (Å²) in [5.41, 5.74) is -9.53. The molecular formula is C12H10F7NO3. The molecule has 0 aromatic heterocycles. The quantitative estimate of drug-likeness (QED) is 0.507. The Labute approximate surface area is 124 Å². The molecule has 0 amide bonds. The molecule has 1 rings (SSSR count). The van der Waals surface area contributed by atoms with Crippen LogP contribution < -0.4 is 0 Å². The molecule has 130 valence electrons. The highest BCUT2D eigenvalue weighted by Gasteiger charge is 2.73. The van der Waals surface area contributed by atoms with Crippen molar-refractivity contribution in [2.45, 2.75) is 37.0 Å². The summed E-state index contributed by atoms with van der Waals surface area (Å²) >= 11 is 0. The predicted octanol–water partition coefficient (Wildman–Crippen LogP) is 4.03. The maximum absolute atomic E-state index is 13.7. The van der Waals surface area contributed by atoms with Crippen molar-refractivity contribution < 1.29 is 40.8 Å². The Morgan fingerprint density at radius 3 is 1.70 bits per heavy atom. The van der Waals surface area contributed by atoms with Gasteiger partial charge in [0.2, 0.25) is 0 Å². The number of alkyl halides is 7. The van der Waals surface area contributed by atoms with E-state index < -0.39 is 46.2 Å². The van der Waals surface area contributed by atoms with E-state index in [0.29, 0.717) is 6.92 Å². The summed E-state index contributed by atoms with van der Waals surface area (Å²) in [6.45, 7) is 0.556. The van der Waals surface area contributed by atoms with E-state index >= 15 is 0 Å². The highest BCUT2D eigenvalue weighted by Crippen LogP contribution is 2.51. The molecule has 4 nitrogen and oxygen atoms in total. The molecule has 0 aliphatic heterocycles. The number of nitro benzene ring substituents is 1. The van der Waals surface area contributed by atoms with Crippen molar-refractivity contribution in [3.05, 3.63) is 39.9 Å². The van der Waals surface area contributed by atoms with E-state index in [4.69, 9.17) is 0 Å². The minimum absolute atomic E-state index is 0.497. The lowest BCUT2D eigenvalue weighted by molar-refractivity contribution is -0.384. The van der Waals surface area contributed by atoms with Crippen molar-refractivity contribution in [3.8, 4) is 0 Å². The van der Waals surface area contributed by atoms with E-state index in [0.717, 1.165) is 24.3 Å². The van der Waals surface area contributed by atoms with Gasteiger partial charge in [0.05, 0.1) is 10.5 Å². The molecule has 1 atom stereocenters. The number of nitrogens with zero attached hydrogens (tertiary/aromatic N) is 1. The average Bonchev–Trinajstić information content (AvgIpc) is 2.35. The summed E-state index contributed by atoms with van der Waals surface area (Å²) in [5.74, 6) is 0. The van der Waals surface area contributed by atoms with Gasteiger partial charge in [-0.05, 0) is 24.6 Å². The second kappa shape index (κ2) is 5.62. The Kier molecular flexibility index (Phi) is 4.68. The Hall–Kier alpha value is -1.91. The van der Waals surface area contributed by atoms with Crippen LogP contribution in [0.1, 0.15) is 18.9 Å². The topological polar surface area (TPSA) is 63.4 Å². The normalized spacial score (nSPS) is 16.0. The van der Waals surface area contributed by atoms with E-state index in [-0.39, 0.29) is 0 Å². The van der Waals surface area contributed by atoms with Gasteiger partial charge in [0.25, 0.3) is 5.69 Å². The number of benzene rings is 1. The second-order valence-electron chi connectivity index (χ2n) is 5.05. The van der Waals surface area contributed by atoms with Crippen LogP contribution in [0.5, 0.6) is 0 Å². The van der Waals surface area contributed by atoms with Gasteiger partial charge in [0.1, 0.15) is 0 Å². The maximum Gasteiger partial charge on any atom is 0.431 e. The number of nitro groups is 1. The molecule has 0 saturated carbocycles. The Bertz CT molecular complexity index is 564. The van der Waals surface area contributed by atoms with Crippen molar-refractivity contribution in [1.82, 2.24) is 0 Å². The molecule has 0 radical (unpaired) electrons. The molecular weight excluding hydrogens is 339 g/mol. The van der Waals surface area contributed by atoms with E-state index in [1.165, 1.54) is 0 Å². The molecule has 0 heterocycles. The summed E-state index contributed by atoms with van der Waals surface area (Å²) in [6, 6.07) is 3.05. The largest absolute Gasteiger partial charge is 0.431 e. The van der Waals surface area contributed by atoms with Crippen molar-refractivity contribution in [1.29, 1.82) is 0 Å². The summed E-state index contributed by atoms with van der Waals surface area (Å²) in [6.07, 6.45) is -14.9. The molecule has 0 aliphatic rings. The lowest BCUT2D eigenvalue weighted by Crippen LogP contribution is -2.56. The van der Waals surface area contributed by atoms with Gasteiger partial charge in [-0.25, -0.2) is 4.39 Å². The number of hydrogen-bond acceptors (Lipinski definition) is 3. The van der Waals surface area contributed by atoms with Gasteiger partial charge in [0.15, 0.2) is 0 Å². The fourth-order valence-corrected chi connectivity index (χ4v) is 1.88. The fraction of sp³-hybridized carbons (Fsp3) is 0.500. The minimum atomic E-state index is -6.30. The molecule has 1 aromatic rings. The van der Waals surface area contributed by atoms with Crippen LogP contribution in [0.3, 0.4) is 0 Å². The van der Waals surface area contributed by atoms with Gasteiger partial charge < -0.3 is 5.11 Å². The third kappa shape index (κ3) is 3.71. The zero-order valence-electron chi connectivity index (χ0n) is 11.4. The van der Waals surface area contributed by atoms with Gasteiger partial charge in [-0.1, -0.05) is 0 Å². The van der Waals surface area contributed by atoms with Crippen LogP contribution in [-0.2, 0) is 5.60 Å². The Morgan fingerprint density at radius 1 is 1.00 bits per heavy atom. The summed E-state index contributed by atoms with van der Waals surface area (Å²) < 4.78 is 88.8. The molecule has 1 N–H and O–H groups in total. The van der Waals surface area contributed by atoms with Crippen LogP contribution in [0.4, 0.5) is 36.4 Å². The summed E-state index contributed by atoms with van der Waals surface area (Å²) in [7, 11) is 0. The van der Waals surface area contributed by atoms with E-state index in [2.05, 4.69) is 0 Å². The average molecular weight is 349 g/mol. The van der Waals surface area contributed by atoms with Crippen molar-refractivity contribution in [2.75, 3.05) is 0 Å². The molecule has 0 fully saturated rings. The van der Waals surface area contributed by atoms with Gasteiger partial charge in [-0.2, -0.15) is 26.3 Å². The first kappa shape index (κ1) is 19.1. The third-order valence-corrected chi connectivity index (χ3v) is 3.19. The molecule has 1 aromatic carbocycles. The summed E-state index contributed by atoms with van der Waals surface area (Å²) in [5, 5.41) is 20.3. The SMILES string of the molecule is CC(O)(CC(F)(C(F)(F)F)C(F)(F)F)c1ccc([N+](=O)[O-])cc1. The van der Waals surface area contributed by atoms with E-state index in [9.17, 15) is 46.0 Å². The van der Waals surface area contributed by atoms with Crippen LogP contribution >= 0.6 is 0 Å². The molecule has 0 saturated heterocycles. The maximum atomic E-state index is 13.7. The Morgan fingerprint density at radius 2 is 1.39 bits per heavy atom. The minimum Gasteiger partial charge on any atom is -0.385 e. The highest BCUT2D eigenvalue weighted by atomic mass is 19.4. The van der Waals surface area contributed by atoms with Crippen molar-refractivity contribution in [3.63, 3.8) is 0 Å². The van der Waals surface area contributed by atoms with Crippen LogP contribution in [0.15, 0.2) is 24.3 Å². The number of aliphatic hydroxyl groups is 1. The summed E-state index contributed by atoms with van der Waals surface area (Å²) in [4.78, 5) is 9.58. The fourth-order valence-electron chi connectivity index (χ4n) is 1.88. The van der Waals surface area contributed by atoms with Crippen LogP contribution in [0, 0.1) is 10.1 Å². The first-order valence-electron chi connectivity index (χ1n) is 5.91. The first-order chi connectivity index (χ1) is 10.1. The zero-order chi connectivity index (χ0) is 18.3. The lowest BCUT2D eigenvalue weighted by atomic mass is 9.83. The van der Waals surface area contributed by atoms with Gasteiger partial charge >= 0.3 is 18.0 Å². The highest BCUT2D eigenvalue weighted by molar-refractivity contribution is 5.35. The van der Waals surface area contributed by atoms with Crippen LogP contribution in [0.2, 0.25) is 0 Å². The predicted molar refractivity (Wildman–Crippen MR) is 63.2 cm³/mol. The molecule has 23 heavy (non-hydrogen) atoms. The Balaban J connectivity index is 3.24. The first-order valence-corrected chi connectivity index (χ1v) is 5.91. The van der Waals surface area contributed by atoms with Crippen molar-refractivity contribution >= 4 is 5.69 Å². The van der Waals surface area contributed by atoms with Crippen LogP contribution in [0.25, 0.3) is 0 Å². The number of rotatable bonds is 4. The second-order valence-corrected chi connectivity index (χ2v) is 5.05. The van der Waals surface area contributed by atoms with Gasteiger partial charge in [-0.3, -0.25) is 10.1 Å². The van der Waals surface area contributed by atoms with E-state index in [1.807, 2.05) is 0 Å². The molecule has 0 spiro atoms. The molecule has 1 unspecified atom stereocenters. The lowest BCUT2D eigenvalue weighted by Gasteiger charge is -2.36. The van der Waals surface area contributed by atoms with Gasteiger partial charge in [-0.15, -0.1) is 0 Å². The number of non-ortho nitro benzene ring substituents is 1. The number of halogens is 7. The monoisotopic (exact) mass is 349 g/mol. The number of hydrogen-bond donors (Lipinski definition) is 1. The van der Waals surface area contributed by atoms with E-state index in [1.54, 1.807) is 0 Å². The smallest absolute Gasteiger partial charge is 0.385 e. The molecule has 11 heteroatoms. The zero-order valence-corrected chi connectivity index (χ0v) is 11.4. The van der Waals surface area contributed by atoms with Crippen molar-refractivity contribution in [2.24, 2.45) is 0 Å². The standard InChI is InChI=1S/C12H10F7NO3/c1-9(21,7-2-4-8(5-3-7)20(22)23)6-10(13,11(14,15)16)12(17,18)19/h2-5,21H,6H2,1H3.